The van der Waals surface area contributed by atoms with Crippen molar-refractivity contribution in [1.82, 2.24) is 0 Å². The normalized spacial score (nSPS) is 14.9. The van der Waals surface area contributed by atoms with E-state index < -0.39 is 22.7 Å². The molecule has 0 bridgehead atoms. The fourth-order valence-electron chi connectivity index (χ4n) is 2.98. The van der Waals surface area contributed by atoms with Crippen LogP contribution in [0.25, 0.3) is 0 Å². The molecule has 6 heteroatoms. The maximum atomic E-state index is 12.4. The average Bonchev–Trinajstić information content (AvgIpc) is 2.51. The molecule has 0 saturated carbocycles. The fourth-order valence-corrected chi connectivity index (χ4v) is 5.14. The van der Waals surface area contributed by atoms with Crippen molar-refractivity contribution in [3.05, 3.63) is 0 Å². The molecule has 26 heavy (non-hydrogen) atoms. The van der Waals surface area contributed by atoms with E-state index in [-0.39, 0.29) is 12.1 Å². The van der Waals surface area contributed by atoms with Gasteiger partial charge < -0.3 is 13.6 Å². The van der Waals surface area contributed by atoms with Crippen molar-refractivity contribution in [2.75, 3.05) is 7.11 Å². The minimum absolute atomic E-state index is 0.194. The number of unbranched alkanes of at least 4 members (excludes halogenated alkanes) is 7. The van der Waals surface area contributed by atoms with Gasteiger partial charge in [-0.25, -0.2) is 4.79 Å². The van der Waals surface area contributed by atoms with E-state index >= 15 is 0 Å². The number of carbonyl (C=O) groups excluding carboxylic acids is 1. The molecule has 0 N–H and O–H groups in total. The van der Waals surface area contributed by atoms with Crippen LogP contribution in [0.3, 0.4) is 0 Å². The molecule has 156 valence electrons. The van der Waals surface area contributed by atoms with E-state index in [1.807, 2.05) is 0 Å². The van der Waals surface area contributed by atoms with Crippen LogP contribution < -0.4 is 0 Å². The van der Waals surface area contributed by atoms with Crippen molar-refractivity contribution < 1.29 is 18.4 Å². The maximum Gasteiger partial charge on any atom is 0.336 e. The first kappa shape index (κ1) is 25.8. The predicted molar refractivity (Wildman–Crippen MR) is 116 cm³/mol. The molecule has 0 aromatic heterocycles. The van der Waals surface area contributed by atoms with Crippen molar-refractivity contribution in [3.63, 3.8) is 0 Å². The monoisotopic (exact) mass is 404 g/mol. The van der Waals surface area contributed by atoms with Gasteiger partial charge in [-0.1, -0.05) is 58.3 Å². The summed E-state index contributed by atoms with van der Waals surface area (Å²) in [4.78, 5) is 12.4. The van der Waals surface area contributed by atoms with Gasteiger partial charge in [0.1, 0.15) is 0 Å². The topological polar surface area (TPSA) is 44.8 Å². The van der Waals surface area contributed by atoms with Gasteiger partial charge in [0.15, 0.2) is 22.7 Å². The van der Waals surface area contributed by atoms with Gasteiger partial charge in [0.25, 0.3) is 0 Å². The highest BCUT2D eigenvalue weighted by Crippen LogP contribution is 2.23. The van der Waals surface area contributed by atoms with Crippen LogP contribution in [0.15, 0.2) is 0 Å². The third-order valence-corrected chi connectivity index (χ3v) is 6.07. The van der Waals surface area contributed by atoms with E-state index in [4.69, 9.17) is 13.6 Å². The standard InChI is InChI=1S/C20H44O4Si2/c1-9-10-11-12-13-14-15-16-17-18(23-25(3,4)5)19(20(21)22-2)24-26(6,7)8/h18-19H,9-17H2,1-8H3. The molecule has 0 aromatic carbocycles. The Hall–Kier alpha value is -0.176. The highest BCUT2D eigenvalue weighted by atomic mass is 28.4. The lowest BCUT2D eigenvalue weighted by atomic mass is 10.0. The number of esters is 1. The van der Waals surface area contributed by atoms with Crippen LogP contribution in [0, 0.1) is 0 Å². The fraction of sp³-hybridized carbons (Fsp3) is 0.950. The summed E-state index contributed by atoms with van der Waals surface area (Å²) >= 11 is 0. The molecule has 0 heterocycles. The largest absolute Gasteiger partial charge is 0.467 e. The predicted octanol–water partition coefficient (Wildman–Crippen LogP) is 6.13. The molecule has 0 aliphatic heterocycles. The Labute approximate surface area is 164 Å². The number of carbonyl (C=O) groups is 1. The summed E-state index contributed by atoms with van der Waals surface area (Å²) < 4.78 is 17.6. The summed E-state index contributed by atoms with van der Waals surface area (Å²) in [5, 5.41) is 0. The van der Waals surface area contributed by atoms with E-state index in [1.54, 1.807) is 0 Å². The SMILES string of the molecule is CCCCCCCCCCC(O[Si](C)(C)C)C(O[Si](C)(C)C)C(=O)OC. The quantitative estimate of drug-likeness (QED) is 0.187. The molecule has 0 aliphatic rings. The Bertz CT molecular complexity index is 375. The molecule has 0 radical (unpaired) electrons. The Balaban J connectivity index is 4.68. The summed E-state index contributed by atoms with van der Waals surface area (Å²) in [6.07, 6.45) is 10.3. The first-order chi connectivity index (χ1) is 12.0. The van der Waals surface area contributed by atoms with E-state index in [0.29, 0.717) is 0 Å². The van der Waals surface area contributed by atoms with Crippen LogP contribution in [0.4, 0.5) is 0 Å². The van der Waals surface area contributed by atoms with Gasteiger partial charge in [-0.3, -0.25) is 0 Å². The summed E-state index contributed by atoms with van der Waals surface area (Å²) in [6.45, 7) is 15.0. The second-order valence-electron chi connectivity index (χ2n) is 9.21. The minimum atomic E-state index is -1.88. The molecule has 2 unspecified atom stereocenters. The average molecular weight is 405 g/mol. The number of hydrogen-bond acceptors (Lipinski definition) is 4. The van der Waals surface area contributed by atoms with E-state index in [1.165, 1.54) is 52.1 Å². The minimum Gasteiger partial charge on any atom is -0.467 e. The Morgan fingerprint density at radius 1 is 0.769 bits per heavy atom. The Morgan fingerprint density at radius 3 is 1.65 bits per heavy atom. The second kappa shape index (κ2) is 13.1. The molecule has 0 aliphatic carbocycles. The molecule has 4 nitrogen and oxygen atoms in total. The van der Waals surface area contributed by atoms with Gasteiger partial charge in [-0.15, -0.1) is 0 Å². The Kier molecular flexibility index (Phi) is 13.0. The summed E-state index contributed by atoms with van der Waals surface area (Å²) in [5.74, 6) is -0.296. The van der Waals surface area contributed by atoms with Crippen molar-refractivity contribution in [1.29, 1.82) is 0 Å². The van der Waals surface area contributed by atoms with Crippen molar-refractivity contribution in [2.45, 2.75) is 116 Å². The van der Waals surface area contributed by atoms with Crippen LogP contribution in [0.5, 0.6) is 0 Å². The Morgan fingerprint density at radius 2 is 1.23 bits per heavy atom. The summed E-state index contributed by atoms with van der Waals surface area (Å²) in [6, 6.07) is 0. The van der Waals surface area contributed by atoms with Crippen molar-refractivity contribution in [3.8, 4) is 0 Å². The van der Waals surface area contributed by atoms with Crippen molar-refractivity contribution in [2.24, 2.45) is 0 Å². The maximum absolute atomic E-state index is 12.4. The van der Waals surface area contributed by atoms with E-state index in [0.717, 1.165) is 12.8 Å². The van der Waals surface area contributed by atoms with Gasteiger partial charge >= 0.3 is 5.97 Å². The third-order valence-electron chi connectivity index (χ3n) is 4.10. The molecule has 0 saturated heterocycles. The van der Waals surface area contributed by atoms with Gasteiger partial charge in [0.05, 0.1) is 13.2 Å². The van der Waals surface area contributed by atoms with Gasteiger partial charge in [-0.05, 0) is 45.7 Å². The molecule has 0 amide bonds. The lowest BCUT2D eigenvalue weighted by molar-refractivity contribution is -0.154. The van der Waals surface area contributed by atoms with Gasteiger partial charge in [0.2, 0.25) is 0 Å². The van der Waals surface area contributed by atoms with Crippen LogP contribution >= 0.6 is 0 Å². The first-order valence-electron chi connectivity index (χ1n) is 10.4. The molecular weight excluding hydrogens is 360 g/mol. The highest BCUT2D eigenvalue weighted by Gasteiger charge is 2.37. The lowest BCUT2D eigenvalue weighted by Gasteiger charge is -2.34. The van der Waals surface area contributed by atoms with Gasteiger partial charge in [0, 0.05) is 0 Å². The van der Waals surface area contributed by atoms with E-state index in [9.17, 15) is 4.79 Å². The number of hydrogen-bond donors (Lipinski definition) is 0. The zero-order valence-corrected chi connectivity index (χ0v) is 20.7. The molecular formula is C20H44O4Si2. The molecule has 0 rings (SSSR count). The zero-order valence-electron chi connectivity index (χ0n) is 18.7. The molecule has 0 spiro atoms. The highest BCUT2D eigenvalue weighted by molar-refractivity contribution is 6.70. The molecule has 0 aromatic rings. The van der Waals surface area contributed by atoms with Crippen LogP contribution in [-0.2, 0) is 18.4 Å². The van der Waals surface area contributed by atoms with Crippen LogP contribution in [0.1, 0.15) is 64.7 Å². The van der Waals surface area contributed by atoms with Gasteiger partial charge in [-0.2, -0.15) is 0 Å². The number of ether oxygens (including phenoxy) is 1. The first-order valence-corrected chi connectivity index (χ1v) is 17.3. The summed E-state index contributed by atoms with van der Waals surface area (Å²) in [7, 11) is -2.22. The van der Waals surface area contributed by atoms with E-state index in [2.05, 4.69) is 46.2 Å². The second-order valence-corrected chi connectivity index (χ2v) is 18.1. The number of rotatable bonds is 15. The molecule has 2 atom stereocenters. The summed E-state index contributed by atoms with van der Waals surface area (Å²) in [5.41, 5.74) is 0. The van der Waals surface area contributed by atoms with Crippen LogP contribution in [-0.4, -0.2) is 41.9 Å². The van der Waals surface area contributed by atoms with Crippen molar-refractivity contribution >= 4 is 22.6 Å². The van der Waals surface area contributed by atoms with Crippen LogP contribution in [0.2, 0.25) is 39.3 Å². The number of methoxy groups -OCH3 is 1. The zero-order chi connectivity index (χ0) is 20.2. The third kappa shape index (κ3) is 14.0. The smallest absolute Gasteiger partial charge is 0.336 e. The lowest BCUT2D eigenvalue weighted by Crippen LogP contribution is -2.48. The molecule has 0 fully saturated rings.